The maximum atomic E-state index is 14.8. The first kappa shape index (κ1) is 30.1. The number of pyridine rings is 1. The number of urea groups is 1. The molecule has 0 bridgehead atoms. The van der Waals surface area contributed by atoms with Crippen molar-refractivity contribution in [3.8, 4) is 11.4 Å². The number of nitrogens with one attached hydrogen (secondary N) is 3. The van der Waals surface area contributed by atoms with Crippen LogP contribution in [0.4, 0.5) is 19.4 Å². The number of nitrogens with zero attached hydrogens (tertiary/aromatic N) is 4. The fraction of sp³-hybridized carbons (Fsp3) is 0.600. The van der Waals surface area contributed by atoms with Gasteiger partial charge >= 0.3 is 6.03 Å². The molecule has 5 rings (SSSR count). The van der Waals surface area contributed by atoms with Gasteiger partial charge in [0.05, 0.1) is 25.6 Å². The molecule has 1 aliphatic heterocycles. The van der Waals surface area contributed by atoms with Crippen LogP contribution in [0.2, 0.25) is 0 Å². The van der Waals surface area contributed by atoms with Crippen LogP contribution in [0.5, 0.6) is 0 Å². The standard InChI is InChI=1S/C30H41F2N7O3/c1-2-41-12-13-42-11-5-7-20-6-4-10-39(19-20)30(40)37-23-9-3-8-22(15-23)36-29-26(32)18-35-28(38-29)25-17-34-27-24(25)14-21(31)16-33-27/h14,16-18,20,22-23H,2-13,15,19H2,1H3,(H,33,34)(H,37,40)(H,35,36,38)/t20?,22-,23+/m0/s1. The maximum absolute atomic E-state index is 14.8. The van der Waals surface area contributed by atoms with Crippen molar-refractivity contribution in [3.63, 3.8) is 0 Å². The minimum Gasteiger partial charge on any atom is -0.379 e. The lowest BCUT2D eigenvalue weighted by molar-refractivity contribution is 0.0490. The van der Waals surface area contributed by atoms with Gasteiger partial charge in [-0.15, -0.1) is 0 Å². The van der Waals surface area contributed by atoms with Crippen LogP contribution in [-0.2, 0) is 9.47 Å². The van der Waals surface area contributed by atoms with Crippen LogP contribution in [0.3, 0.4) is 0 Å². The highest BCUT2D eigenvalue weighted by atomic mass is 19.1. The molecule has 0 aromatic carbocycles. The summed E-state index contributed by atoms with van der Waals surface area (Å²) in [6.07, 6.45) is 11.4. The zero-order valence-electron chi connectivity index (χ0n) is 24.2. The van der Waals surface area contributed by atoms with E-state index in [0.29, 0.717) is 48.8 Å². The van der Waals surface area contributed by atoms with Gasteiger partial charge in [0.2, 0.25) is 0 Å². The van der Waals surface area contributed by atoms with Gasteiger partial charge < -0.3 is 30.0 Å². The van der Waals surface area contributed by atoms with Crippen LogP contribution >= 0.6 is 0 Å². The molecule has 42 heavy (non-hydrogen) atoms. The summed E-state index contributed by atoms with van der Waals surface area (Å²) in [5.41, 5.74) is 1.05. The molecule has 3 N–H and O–H groups in total. The van der Waals surface area contributed by atoms with E-state index in [1.165, 1.54) is 6.07 Å². The Morgan fingerprint density at radius 1 is 1.10 bits per heavy atom. The van der Waals surface area contributed by atoms with Crippen molar-refractivity contribution in [1.82, 2.24) is 30.2 Å². The van der Waals surface area contributed by atoms with Crippen LogP contribution in [0.25, 0.3) is 22.4 Å². The highest BCUT2D eigenvalue weighted by molar-refractivity contribution is 5.91. The van der Waals surface area contributed by atoms with Crippen LogP contribution in [-0.4, -0.2) is 82.5 Å². The Kier molecular flexibility index (Phi) is 10.5. The Morgan fingerprint density at radius 2 is 1.95 bits per heavy atom. The molecule has 2 amide bonds. The lowest BCUT2D eigenvalue weighted by Gasteiger charge is -2.36. The number of halogens is 2. The highest BCUT2D eigenvalue weighted by Gasteiger charge is 2.28. The van der Waals surface area contributed by atoms with Gasteiger partial charge in [-0.1, -0.05) is 0 Å². The predicted octanol–water partition coefficient (Wildman–Crippen LogP) is 5.28. The van der Waals surface area contributed by atoms with E-state index in [1.807, 2.05) is 11.8 Å². The van der Waals surface area contributed by atoms with Gasteiger partial charge in [-0.2, -0.15) is 0 Å². The van der Waals surface area contributed by atoms with Crippen molar-refractivity contribution >= 4 is 22.9 Å². The molecular formula is C30H41F2N7O3. The summed E-state index contributed by atoms with van der Waals surface area (Å²) in [5.74, 6) is -0.183. The first-order valence-corrected chi connectivity index (χ1v) is 15.1. The lowest BCUT2D eigenvalue weighted by Crippen LogP contribution is -2.50. The molecule has 2 aliphatic rings. The molecule has 1 saturated heterocycles. The number of fused-ring (bicyclic) bond motifs is 1. The molecule has 2 fully saturated rings. The molecule has 0 spiro atoms. The number of anilines is 1. The number of carbonyl (C=O) groups excluding carboxylic acids is 1. The van der Waals surface area contributed by atoms with Crippen molar-refractivity contribution in [2.45, 2.75) is 70.4 Å². The Balaban J connectivity index is 1.12. The van der Waals surface area contributed by atoms with Crippen molar-refractivity contribution in [3.05, 3.63) is 36.3 Å². The first-order chi connectivity index (χ1) is 20.5. The molecule has 228 valence electrons. The van der Waals surface area contributed by atoms with Gasteiger partial charge in [-0.3, -0.25) is 0 Å². The normalized spacial score (nSPS) is 21.0. The minimum atomic E-state index is -0.562. The van der Waals surface area contributed by atoms with E-state index in [-0.39, 0.29) is 29.8 Å². The van der Waals surface area contributed by atoms with E-state index in [0.717, 1.165) is 77.0 Å². The van der Waals surface area contributed by atoms with Crippen molar-refractivity contribution in [1.29, 1.82) is 0 Å². The number of hydrogen-bond donors (Lipinski definition) is 3. The summed E-state index contributed by atoms with van der Waals surface area (Å²) in [7, 11) is 0. The molecule has 0 radical (unpaired) electrons. The fourth-order valence-corrected chi connectivity index (χ4v) is 6.00. The van der Waals surface area contributed by atoms with Crippen molar-refractivity contribution in [2.24, 2.45) is 5.92 Å². The Morgan fingerprint density at radius 3 is 2.83 bits per heavy atom. The SMILES string of the molecule is CCOCCOCCCC1CCCN(C(=O)N[C@@H]2CCC[C@H](Nc3nc(-c4c[nH]c5ncc(F)cc45)ncc3F)C2)C1. The summed E-state index contributed by atoms with van der Waals surface area (Å²) in [4.78, 5) is 30.7. The maximum Gasteiger partial charge on any atom is 0.317 e. The minimum absolute atomic E-state index is 0.00472. The third-order valence-corrected chi connectivity index (χ3v) is 8.11. The summed E-state index contributed by atoms with van der Waals surface area (Å²) < 4.78 is 39.5. The molecule has 10 nitrogen and oxygen atoms in total. The second-order valence-electron chi connectivity index (χ2n) is 11.2. The van der Waals surface area contributed by atoms with E-state index in [1.54, 1.807) is 6.20 Å². The average Bonchev–Trinajstić information content (AvgIpc) is 3.41. The average molecular weight is 586 g/mol. The summed E-state index contributed by atoms with van der Waals surface area (Å²) in [6.45, 7) is 6.19. The van der Waals surface area contributed by atoms with Crippen LogP contribution in [0, 0.1) is 17.6 Å². The summed E-state index contributed by atoms with van der Waals surface area (Å²) in [5, 5.41) is 6.99. The van der Waals surface area contributed by atoms with Gasteiger partial charge in [0.15, 0.2) is 17.5 Å². The molecule has 1 aliphatic carbocycles. The van der Waals surface area contributed by atoms with Crippen LogP contribution < -0.4 is 10.6 Å². The van der Waals surface area contributed by atoms with E-state index in [4.69, 9.17) is 9.47 Å². The molecular weight excluding hydrogens is 544 g/mol. The first-order valence-electron chi connectivity index (χ1n) is 15.1. The molecule has 12 heteroatoms. The number of ether oxygens (including phenoxy) is 2. The van der Waals surface area contributed by atoms with E-state index < -0.39 is 11.6 Å². The zero-order chi connectivity index (χ0) is 29.3. The second kappa shape index (κ2) is 14.7. The quantitative estimate of drug-likeness (QED) is 0.248. The Bertz CT molecular complexity index is 1320. The summed E-state index contributed by atoms with van der Waals surface area (Å²) in [6, 6.07) is 1.27. The third kappa shape index (κ3) is 7.91. The van der Waals surface area contributed by atoms with E-state index in [9.17, 15) is 13.6 Å². The summed E-state index contributed by atoms with van der Waals surface area (Å²) >= 11 is 0. The number of likely N-dealkylation sites (tertiary alicyclic amines) is 1. The molecule has 1 unspecified atom stereocenters. The second-order valence-corrected chi connectivity index (χ2v) is 11.2. The van der Waals surface area contributed by atoms with E-state index >= 15 is 0 Å². The third-order valence-electron chi connectivity index (χ3n) is 8.11. The molecule has 3 atom stereocenters. The van der Waals surface area contributed by atoms with Crippen molar-refractivity contribution < 1.29 is 23.0 Å². The largest absolute Gasteiger partial charge is 0.379 e. The molecule has 3 aromatic rings. The number of carbonyl (C=O) groups is 1. The van der Waals surface area contributed by atoms with Gasteiger partial charge in [0, 0.05) is 55.5 Å². The highest BCUT2D eigenvalue weighted by Crippen LogP contribution is 2.29. The van der Waals surface area contributed by atoms with Gasteiger partial charge in [0.1, 0.15) is 11.5 Å². The number of rotatable bonds is 12. The van der Waals surface area contributed by atoms with Gasteiger partial charge in [0.25, 0.3) is 0 Å². The van der Waals surface area contributed by atoms with E-state index in [2.05, 4.69) is 30.6 Å². The topological polar surface area (TPSA) is 117 Å². The number of hydrogen-bond acceptors (Lipinski definition) is 7. The number of aromatic amines is 1. The van der Waals surface area contributed by atoms with Crippen molar-refractivity contribution in [2.75, 3.05) is 44.8 Å². The Hall–Kier alpha value is -3.38. The van der Waals surface area contributed by atoms with Gasteiger partial charge in [-0.05, 0) is 70.3 Å². The Labute approximate surface area is 245 Å². The van der Waals surface area contributed by atoms with Gasteiger partial charge in [-0.25, -0.2) is 28.5 Å². The molecule has 1 saturated carbocycles. The fourth-order valence-electron chi connectivity index (χ4n) is 6.00. The number of H-pyrrole nitrogens is 1. The predicted molar refractivity (Wildman–Crippen MR) is 156 cm³/mol. The monoisotopic (exact) mass is 585 g/mol. The molecule has 3 aromatic heterocycles. The number of aromatic nitrogens is 4. The zero-order valence-corrected chi connectivity index (χ0v) is 24.2. The lowest BCUT2D eigenvalue weighted by atomic mass is 9.90. The van der Waals surface area contributed by atoms with Crippen LogP contribution in [0.15, 0.2) is 24.7 Å². The molecule has 4 heterocycles. The smallest absolute Gasteiger partial charge is 0.317 e. The number of piperidine rings is 1. The van der Waals surface area contributed by atoms with Crippen LogP contribution in [0.1, 0.15) is 58.3 Å². The number of amides is 2.